The number of nitrogens with one attached hydrogen (secondary N) is 1. The number of aromatic amines is 1. The van der Waals surface area contributed by atoms with Crippen molar-refractivity contribution in [3.63, 3.8) is 0 Å². The smallest absolute Gasteiger partial charge is 0.310 e. The van der Waals surface area contributed by atoms with E-state index >= 15 is 0 Å². The highest BCUT2D eigenvalue weighted by atomic mass is 19.4. The number of benzene rings is 2. The molecule has 0 unspecified atom stereocenters. The van der Waals surface area contributed by atoms with E-state index in [2.05, 4.69) is 68.9 Å². The molecule has 0 saturated heterocycles. The maximum atomic E-state index is 13.1. The first-order chi connectivity index (χ1) is 14.2. The average molecular weight is 431 g/mol. The van der Waals surface area contributed by atoms with E-state index in [1.165, 1.54) is 17.2 Å². The number of hydrogen-bond donors (Lipinski definition) is 1. The van der Waals surface area contributed by atoms with Gasteiger partial charge in [0.25, 0.3) is 5.56 Å². The molecule has 1 heterocycles. The van der Waals surface area contributed by atoms with E-state index in [0.29, 0.717) is 12.2 Å². The van der Waals surface area contributed by atoms with E-state index in [-0.39, 0.29) is 21.7 Å². The summed E-state index contributed by atoms with van der Waals surface area (Å²) in [6.07, 6.45) is -2.30. The minimum Gasteiger partial charge on any atom is -0.310 e. The molecular weight excluding hydrogens is 401 g/mol. The molecule has 0 aliphatic carbocycles. The lowest BCUT2D eigenvalue weighted by Gasteiger charge is -2.25. The van der Waals surface area contributed by atoms with Crippen LogP contribution in [0.2, 0.25) is 0 Å². The third kappa shape index (κ3) is 6.18. The van der Waals surface area contributed by atoms with Crippen molar-refractivity contribution in [1.29, 1.82) is 0 Å². The van der Waals surface area contributed by atoms with Gasteiger partial charge in [0.05, 0.1) is 16.5 Å². The fourth-order valence-corrected chi connectivity index (χ4v) is 3.98. The Morgan fingerprint density at radius 3 is 2.13 bits per heavy atom. The summed E-state index contributed by atoms with van der Waals surface area (Å²) in [6.45, 7) is 10.8. The van der Waals surface area contributed by atoms with Crippen LogP contribution in [0.15, 0.2) is 47.3 Å². The van der Waals surface area contributed by atoms with Gasteiger partial charge >= 0.3 is 6.18 Å². The van der Waals surface area contributed by atoms with E-state index in [9.17, 15) is 18.0 Å². The van der Waals surface area contributed by atoms with Gasteiger partial charge in [-0.15, -0.1) is 0 Å². The highest BCUT2D eigenvalue weighted by Gasteiger charge is 2.31. The van der Waals surface area contributed by atoms with E-state index in [1.807, 2.05) is 0 Å². The predicted molar refractivity (Wildman–Crippen MR) is 118 cm³/mol. The molecule has 6 heteroatoms. The van der Waals surface area contributed by atoms with Crippen molar-refractivity contribution in [1.82, 2.24) is 9.97 Å². The van der Waals surface area contributed by atoms with Crippen LogP contribution in [0, 0.1) is 10.8 Å². The zero-order valence-electron chi connectivity index (χ0n) is 18.7. The van der Waals surface area contributed by atoms with Crippen molar-refractivity contribution in [3.8, 4) is 0 Å². The molecule has 3 rings (SSSR count). The van der Waals surface area contributed by atoms with Crippen molar-refractivity contribution in [3.05, 3.63) is 75.3 Å². The molecule has 0 fully saturated rings. The Labute approximate surface area is 180 Å². The van der Waals surface area contributed by atoms with Gasteiger partial charge < -0.3 is 4.98 Å². The second-order valence-electron chi connectivity index (χ2n) is 10.3. The van der Waals surface area contributed by atoms with Crippen molar-refractivity contribution >= 4 is 10.9 Å². The van der Waals surface area contributed by atoms with Crippen molar-refractivity contribution < 1.29 is 13.2 Å². The van der Waals surface area contributed by atoms with Gasteiger partial charge in [0.15, 0.2) is 0 Å². The summed E-state index contributed by atoms with van der Waals surface area (Å²) >= 11 is 0. The first kappa shape index (κ1) is 23.0. The molecule has 0 aliphatic heterocycles. The van der Waals surface area contributed by atoms with Gasteiger partial charge in [-0.1, -0.05) is 58.9 Å². The third-order valence-corrected chi connectivity index (χ3v) is 5.14. The largest absolute Gasteiger partial charge is 0.416 e. The Morgan fingerprint density at radius 1 is 0.871 bits per heavy atom. The minimum atomic E-state index is -4.48. The van der Waals surface area contributed by atoms with Crippen molar-refractivity contribution in [2.45, 2.75) is 60.1 Å². The number of H-pyrrole nitrogens is 1. The number of fused-ring (bicyclic) bond motifs is 1. The van der Waals surface area contributed by atoms with Crippen LogP contribution in [0.1, 0.15) is 57.1 Å². The molecule has 3 nitrogen and oxygen atoms in total. The second-order valence-corrected chi connectivity index (χ2v) is 10.3. The highest BCUT2D eigenvalue weighted by molar-refractivity contribution is 5.78. The van der Waals surface area contributed by atoms with Crippen LogP contribution >= 0.6 is 0 Å². The zero-order chi connectivity index (χ0) is 23.0. The number of aromatic nitrogens is 2. The van der Waals surface area contributed by atoms with E-state index in [0.717, 1.165) is 25.0 Å². The maximum Gasteiger partial charge on any atom is 0.416 e. The maximum absolute atomic E-state index is 13.1. The molecule has 0 atom stereocenters. The highest BCUT2D eigenvalue weighted by Crippen LogP contribution is 2.31. The summed E-state index contributed by atoms with van der Waals surface area (Å²) in [7, 11) is 0. The van der Waals surface area contributed by atoms with Crippen LogP contribution in [-0.2, 0) is 25.4 Å². The molecule has 3 aromatic rings. The third-order valence-electron chi connectivity index (χ3n) is 5.14. The van der Waals surface area contributed by atoms with Crippen LogP contribution in [0.4, 0.5) is 13.2 Å². The normalized spacial score (nSPS) is 13.0. The quantitative estimate of drug-likeness (QED) is 0.513. The lowest BCUT2D eigenvalue weighted by atomic mass is 9.81. The monoisotopic (exact) mass is 430 g/mol. The fourth-order valence-electron chi connectivity index (χ4n) is 3.98. The Bertz CT molecular complexity index is 1140. The molecule has 166 valence electrons. The van der Waals surface area contributed by atoms with Crippen LogP contribution < -0.4 is 5.56 Å². The number of nitrogens with zero attached hydrogens (tertiary/aromatic N) is 1. The van der Waals surface area contributed by atoms with E-state index < -0.39 is 17.3 Å². The van der Waals surface area contributed by atoms with Crippen molar-refractivity contribution in [2.24, 2.45) is 10.8 Å². The molecule has 0 amide bonds. The van der Waals surface area contributed by atoms with Gasteiger partial charge in [0, 0.05) is 6.42 Å². The first-order valence-electron chi connectivity index (χ1n) is 10.4. The Balaban J connectivity index is 1.85. The predicted octanol–water partition coefficient (Wildman–Crippen LogP) is 6.34. The Morgan fingerprint density at radius 2 is 1.52 bits per heavy atom. The molecular formula is C25H29F3N2O. The second kappa shape index (κ2) is 8.13. The molecule has 31 heavy (non-hydrogen) atoms. The summed E-state index contributed by atoms with van der Waals surface area (Å²) in [5, 5.41) is 0.157. The summed E-state index contributed by atoms with van der Waals surface area (Å²) < 4.78 is 39.2. The SMILES string of the molecule is CC(C)(C)Cc1cccc(CC(C)(C)Cc2nc3cc(C(F)(F)F)ccc3c(=O)[nH]2)c1. The summed E-state index contributed by atoms with van der Waals surface area (Å²) in [4.78, 5) is 19.5. The van der Waals surface area contributed by atoms with Gasteiger partial charge in [0.1, 0.15) is 5.82 Å². The van der Waals surface area contributed by atoms with E-state index in [1.54, 1.807) is 0 Å². The van der Waals surface area contributed by atoms with Gasteiger partial charge in [-0.25, -0.2) is 4.98 Å². The standard InChI is InChI=1S/C25H29F3N2O/c1-23(2,3)13-16-7-6-8-17(11-16)14-24(4,5)15-21-29-20-12-18(25(26,27)28)9-10-19(20)22(31)30-21/h6-12H,13-15H2,1-5H3,(H,29,30,31). The van der Waals surface area contributed by atoms with Crippen molar-refractivity contribution in [2.75, 3.05) is 0 Å². The number of rotatable bonds is 5. The van der Waals surface area contributed by atoms with E-state index in [4.69, 9.17) is 0 Å². The molecule has 0 saturated carbocycles. The molecule has 0 aliphatic rings. The zero-order valence-corrected chi connectivity index (χ0v) is 18.7. The molecule has 0 bridgehead atoms. The van der Waals surface area contributed by atoms with Gasteiger partial charge in [-0.05, 0) is 53.0 Å². The average Bonchev–Trinajstić information content (AvgIpc) is 2.58. The number of alkyl halides is 3. The molecule has 1 aromatic heterocycles. The van der Waals surface area contributed by atoms with Gasteiger partial charge in [-0.2, -0.15) is 13.2 Å². The molecule has 0 spiro atoms. The Hall–Kier alpha value is -2.63. The van der Waals surface area contributed by atoms with Gasteiger partial charge in [-0.3, -0.25) is 4.79 Å². The topological polar surface area (TPSA) is 45.8 Å². The molecule has 1 N–H and O–H groups in total. The lowest BCUT2D eigenvalue weighted by Crippen LogP contribution is -2.23. The van der Waals surface area contributed by atoms with Crippen LogP contribution in [0.3, 0.4) is 0 Å². The summed E-state index contributed by atoms with van der Waals surface area (Å²) in [5.41, 5.74) is 1.25. The number of hydrogen-bond acceptors (Lipinski definition) is 2. The van der Waals surface area contributed by atoms with Crippen LogP contribution in [-0.4, -0.2) is 9.97 Å². The van der Waals surface area contributed by atoms with Gasteiger partial charge in [0.2, 0.25) is 0 Å². The minimum absolute atomic E-state index is 0.0662. The Kier molecular flexibility index (Phi) is 6.05. The first-order valence-corrected chi connectivity index (χ1v) is 10.4. The van der Waals surface area contributed by atoms with Crippen LogP contribution in [0.25, 0.3) is 10.9 Å². The fraction of sp³-hybridized carbons (Fsp3) is 0.440. The summed E-state index contributed by atoms with van der Waals surface area (Å²) in [5.74, 6) is 0.396. The molecule has 2 aromatic carbocycles. The summed E-state index contributed by atoms with van der Waals surface area (Å²) in [6, 6.07) is 11.5. The molecule has 0 radical (unpaired) electrons. The number of halogens is 3. The lowest BCUT2D eigenvalue weighted by molar-refractivity contribution is -0.137. The van der Waals surface area contributed by atoms with Crippen LogP contribution in [0.5, 0.6) is 0 Å².